The molecule has 0 unspecified atom stereocenters. The first-order chi connectivity index (χ1) is 7.13. The van der Waals surface area contributed by atoms with E-state index in [2.05, 4.69) is 18.8 Å². The second kappa shape index (κ2) is 8.31. The molecule has 0 amide bonds. The summed E-state index contributed by atoms with van der Waals surface area (Å²) in [5.41, 5.74) is 0. The number of unbranched alkanes of at least 4 members (excludes halogenated alkanes) is 2. The van der Waals surface area contributed by atoms with Crippen LogP contribution in [0, 0.1) is 17.8 Å². The van der Waals surface area contributed by atoms with Crippen molar-refractivity contribution in [3.8, 4) is 11.8 Å². The van der Waals surface area contributed by atoms with Crippen molar-refractivity contribution in [2.24, 2.45) is 5.92 Å². The monoisotopic (exact) mass is 212 g/mol. The number of rotatable bonds is 5. The highest BCUT2D eigenvalue weighted by molar-refractivity contribution is 5.73. The molecule has 0 bridgehead atoms. The van der Waals surface area contributed by atoms with Crippen LogP contribution in [-0.2, 0) is 9.53 Å². The molecular weight excluding hydrogens is 192 g/mol. The Hall–Kier alpha value is -1.01. The van der Waals surface area contributed by atoms with E-state index >= 15 is 0 Å². The summed E-state index contributed by atoms with van der Waals surface area (Å²) in [6.07, 6.45) is 1.95. The van der Waals surface area contributed by atoms with Gasteiger partial charge in [0, 0.05) is 6.42 Å². The summed E-state index contributed by atoms with van der Waals surface area (Å²) in [5, 5.41) is 9.54. The Labute approximate surface area is 91.8 Å². The van der Waals surface area contributed by atoms with Crippen LogP contribution in [0.2, 0.25) is 0 Å². The van der Waals surface area contributed by atoms with Crippen molar-refractivity contribution in [1.29, 1.82) is 0 Å². The number of aliphatic hydroxyl groups is 1. The van der Waals surface area contributed by atoms with Gasteiger partial charge < -0.3 is 9.84 Å². The van der Waals surface area contributed by atoms with E-state index in [1.807, 2.05) is 0 Å². The van der Waals surface area contributed by atoms with Gasteiger partial charge in [0.05, 0.1) is 12.5 Å². The lowest BCUT2D eigenvalue weighted by Gasteiger charge is -2.11. The summed E-state index contributed by atoms with van der Waals surface area (Å²) in [5.74, 6) is 4.55. The molecule has 86 valence electrons. The maximum atomic E-state index is 11.2. The number of aliphatic hydroxyl groups excluding tert-OH is 1. The second-order valence-corrected chi connectivity index (χ2v) is 3.41. The van der Waals surface area contributed by atoms with Crippen molar-refractivity contribution in [2.75, 3.05) is 6.61 Å². The van der Waals surface area contributed by atoms with Gasteiger partial charge >= 0.3 is 5.97 Å². The quantitative estimate of drug-likeness (QED) is 0.429. The van der Waals surface area contributed by atoms with E-state index in [-0.39, 0.29) is 0 Å². The Kier molecular flexibility index (Phi) is 7.75. The molecule has 3 nitrogen and oxygen atoms in total. The topological polar surface area (TPSA) is 46.5 Å². The molecule has 0 radical (unpaired) electrons. The number of carbonyl (C=O) groups excluding carboxylic acids is 1. The van der Waals surface area contributed by atoms with Crippen molar-refractivity contribution >= 4 is 5.97 Å². The third kappa shape index (κ3) is 6.14. The van der Waals surface area contributed by atoms with Crippen LogP contribution in [0.25, 0.3) is 0 Å². The first kappa shape index (κ1) is 14.0. The van der Waals surface area contributed by atoms with Crippen LogP contribution < -0.4 is 0 Å². The summed E-state index contributed by atoms with van der Waals surface area (Å²) in [6, 6.07) is 0. The molecule has 0 saturated heterocycles. The van der Waals surface area contributed by atoms with Crippen molar-refractivity contribution in [3.05, 3.63) is 0 Å². The molecule has 0 fully saturated rings. The van der Waals surface area contributed by atoms with Gasteiger partial charge in [-0.3, -0.25) is 4.79 Å². The maximum absolute atomic E-state index is 11.2. The van der Waals surface area contributed by atoms with E-state index in [1.54, 1.807) is 13.8 Å². The predicted molar refractivity (Wildman–Crippen MR) is 59.1 cm³/mol. The molecule has 0 spiro atoms. The molecule has 0 saturated carbocycles. The van der Waals surface area contributed by atoms with E-state index in [9.17, 15) is 9.90 Å². The number of hydrogen-bond acceptors (Lipinski definition) is 3. The lowest BCUT2D eigenvalue weighted by molar-refractivity contribution is -0.149. The molecule has 0 aliphatic heterocycles. The minimum Gasteiger partial charge on any atom is -0.466 e. The average Bonchev–Trinajstić information content (AvgIpc) is 2.23. The van der Waals surface area contributed by atoms with E-state index in [1.165, 1.54) is 0 Å². The van der Waals surface area contributed by atoms with Gasteiger partial charge in [0.25, 0.3) is 0 Å². The highest BCUT2D eigenvalue weighted by Crippen LogP contribution is 2.05. The standard InChI is InChI=1S/C12H20O3/c1-4-6-7-8-9-11(13)10(3)12(14)15-5-2/h10-11,13H,4-7H2,1-3H3/t10-,11+/m1/s1. The molecular formula is C12H20O3. The summed E-state index contributed by atoms with van der Waals surface area (Å²) >= 11 is 0. The lowest BCUT2D eigenvalue weighted by atomic mass is 10.1. The fraction of sp³-hybridized carbons (Fsp3) is 0.750. The number of esters is 1. The Morgan fingerprint density at radius 3 is 2.67 bits per heavy atom. The highest BCUT2D eigenvalue weighted by atomic mass is 16.5. The zero-order valence-electron chi connectivity index (χ0n) is 9.75. The van der Waals surface area contributed by atoms with Gasteiger partial charge in [-0.15, -0.1) is 5.92 Å². The van der Waals surface area contributed by atoms with Crippen molar-refractivity contribution in [3.63, 3.8) is 0 Å². The Balaban J connectivity index is 4.00. The van der Waals surface area contributed by atoms with Gasteiger partial charge in [-0.25, -0.2) is 0 Å². The van der Waals surface area contributed by atoms with Gasteiger partial charge in [0.2, 0.25) is 0 Å². The fourth-order valence-corrected chi connectivity index (χ4v) is 0.970. The van der Waals surface area contributed by atoms with Crippen molar-refractivity contribution < 1.29 is 14.6 Å². The van der Waals surface area contributed by atoms with Crippen LogP contribution in [0.4, 0.5) is 0 Å². The number of ether oxygens (including phenoxy) is 1. The van der Waals surface area contributed by atoms with Crippen molar-refractivity contribution in [1.82, 2.24) is 0 Å². The lowest BCUT2D eigenvalue weighted by Crippen LogP contribution is -2.26. The predicted octanol–water partition coefficient (Wildman–Crippen LogP) is 1.74. The average molecular weight is 212 g/mol. The number of hydrogen-bond donors (Lipinski definition) is 1. The van der Waals surface area contributed by atoms with Crippen LogP contribution >= 0.6 is 0 Å². The Morgan fingerprint density at radius 2 is 2.13 bits per heavy atom. The molecule has 15 heavy (non-hydrogen) atoms. The molecule has 0 aliphatic rings. The third-order valence-corrected chi connectivity index (χ3v) is 2.04. The Morgan fingerprint density at radius 1 is 1.47 bits per heavy atom. The highest BCUT2D eigenvalue weighted by Gasteiger charge is 2.21. The second-order valence-electron chi connectivity index (χ2n) is 3.41. The van der Waals surface area contributed by atoms with Crippen LogP contribution in [0.15, 0.2) is 0 Å². The molecule has 1 N–H and O–H groups in total. The molecule has 0 heterocycles. The summed E-state index contributed by atoms with van der Waals surface area (Å²) < 4.78 is 4.79. The zero-order chi connectivity index (χ0) is 11.7. The summed E-state index contributed by atoms with van der Waals surface area (Å²) in [4.78, 5) is 11.2. The van der Waals surface area contributed by atoms with Crippen LogP contribution in [-0.4, -0.2) is 23.8 Å². The maximum Gasteiger partial charge on any atom is 0.312 e. The molecule has 0 aromatic rings. The third-order valence-electron chi connectivity index (χ3n) is 2.04. The van der Waals surface area contributed by atoms with E-state index in [0.717, 1.165) is 19.3 Å². The van der Waals surface area contributed by atoms with E-state index < -0.39 is 18.0 Å². The SMILES string of the molecule is CCCCC#C[C@H](O)[C@@H](C)C(=O)OCC. The van der Waals surface area contributed by atoms with Crippen molar-refractivity contribution in [2.45, 2.75) is 46.1 Å². The van der Waals surface area contributed by atoms with E-state index in [4.69, 9.17) is 4.74 Å². The minimum atomic E-state index is -0.916. The van der Waals surface area contributed by atoms with E-state index in [0.29, 0.717) is 6.61 Å². The molecule has 0 aromatic heterocycles. The number of carbonyl (C=O) groups is 1. The van der Waals surface area contributed by atoms with Crippen LogP contribution in [0.5, 0.6) is 0 Å². The van der Waals surface area contributed by atoms with Gasteiger partial charge in [0.15, 0.2) is 0 Å². The Bertz CT molecular complexity index is 237. The molecule has 3 heteroatoms. The summed E-state index contributed by atoms with van der Waals surface area (Å²) in [6.45, 7) is 5.78. The van der Waals surface area contributed by atoms with Crippen LogP contribution in [0.1, 0.15) is 40.0 Å². The van der Waals surface area contributed by atoms with Gasteiger partial charge in [0.1, 0.15) is 6.10 Å². The first-order valence-corrected chi connectivity index (χ1v) is 5.46. The smallest absolute Gasteiger partial charge is 0.312 e. The molecule has 2 atom stereocenters. The molecule has 0 aromatic carbocycles. The fourth-order valence-electron chi connectivity index (χ4n) is 0.970. The minimum absolute atomic E-state index is 0.332. The van der Waals surface area contributed by atoms with Gasteiger partial charge in [-0.05, 0) is 20.3 Å². The molecule has 0 rings (SSSR count). The van der Waals surface area contributed by atoms with Crippen LogP contribution in [0.3, 0.4) is 0 Å². The normalized spacial score (nSPS) is 13.6. The zero-order valence-corrected chi connectivity index (χ0v) is 9.75. The largest absolute Gasteiger partial charge is 0.466 e. The first-order valence-electron chi connectivity index (χ1n) is 5.46. The molecule has 0 aliphatic carbocycles. The van der Waals surface area contributed by atoms with Gasteiger partial charge in [-0.2, -0.15) is 0 Å². The van der Waals surface area contributed by atoms with Gasteiger partial charge in [-0.1, -0.05) is 19.3 Å². The summed E-state index contributed by atoms with van der Waals surface area (Å²) in [7, 11) is 0.